The van der Waals surface area contributed by atoms with Crippen LogP contribution in [0.25, 0.3) is 0 Å². The molecule has 0 spiro atoms. The van der Waals surface area contributed by atoms with Crippen LogP contribution in [0.15, 0.2) is 24.7 Å². The summed E-state index contributed by atoms with van der Waals surface area (Å²) in [6.45, 7) is 4.05. The van der Waals surface area contributed by atoms with Crippen molar-refractivity contribution in [2.45, 2.75) is 26.7 Å². The van der Waals surface area contributed by atoms with Crippen LogP contribution in [-0.4, -0.2) is 15.0 Å². The van der Waals surface area contributed by atoms with Gasteiger partial charge in [-0.15, -0.1) is 0 Å². The Bertz CT molecular complexity index is 505. The van der Waals surface area contributed by atoms with Crippen LogP contribution in [0, 0.1) is 6.92 Å². The molecule has 4 heteroatoms. The van der Waals surface area contributed by atoms with Crippen LogP contribution in [0.3, 0.4) is 0 Å². The first kappa shape index (κ1) is 11.5. The van der Waals surface area contributed by atoms with Gasteiger partial charge in [0.25, 0.3) is 0 Å². The van der Waals surface area contributed by atoms with Crippen molar-refractivity contribution >= 4 is 5.82 Å². The molecule has 2 rings (SSSR count). The van der Waals surface area contributed by atoms with Crippen molar-refractivity contribution in [2.75, 3.05) is 5.73 Å². The number of hydrogen-bond acceptors (Lipinski definition) is 4. The summed E-state index contributed by atoms with van der Waals surface area (Å²) in [5.74, 6) is 0.542. The van der Waals surface area contributed by atoms with Gasteiger partial charge in [0.15, 0.2) is 0 Å². The molecular formula is C13H16N4. The molecule has 0 bridgehead atoms. The summed E-state index contributed by atoms with van der Waals surface area (Å²) in [4.78, 5) is 12.6. The van der Waals surface area contributed by atoms with Crippen LogP contribution in [0.4, 0.5) is 5.82 Å². The van der Waals surface area contributed by atoms with E-state index >= 15 is 0 Å². The first-order valence-electron chi connectivity index (χ1n) is 5.70. The van der Waals surface area contributed by atoms with Crippen LogP contribution in [0.5, 0.6) is 0 Å². The zero-order valence-corrected chi connectivity index (χ0v) is 10.1. The van der Waals surface area contributed by atoms with Crippen LogP contribution >= 0.6 is 0 Å². The standard InChI is InChI=1S/C13H16N4/c1-3-10-4-5-11(15-7-10)6-12-9(2)13(14)17-8-16-12/h4-5,7-8H,3,6H2,1-2H3,(H2,14,16,17). The SMILES string of the molecule is CCc1ccc(Cc2ncnc(N)c2C)nc1. The van der Waals surface area contributed by atoms with Gasteiger partial charge in [-0.3, -0.25) is 4.98 Å². The highest BCUT2D eigenvalue weighted by Crippen LogP contribution is 2.13. The summed E-state index contributed by atoms with van der Waals surface area (Å²) in [5.41, 5.74) is 9.87. The summed E-state index contributed by atoms with van der Waals surface area (Å²) in [7, 11) is 0. The Morgan fingerprint density at radius 3 is 2.65 bits per heavy atom. The molecule has 0 fully saturated rings. The minimum absolute atomic E-state index is 0.542. The van der Waals surface area contributed by atoms with Crippen molar-refractivity contribution in [3.05, 3.63) is 47.2 Å². The van der Waals surface area contributed by atoms with Crippen molar-refractivity contribution in [2.24, 2.45) is 0 Å². The number of anilines is 1. The highest BCUT2D eigenvalue weighted by molar-refractivity contribution is 5.41. The monoisotopic (exact) mass is 228 g/mol. The van der Waals surface area contributed by atoms with Crippen molar-refractivity contribution in [3.8, 4) is 0 Å². The van der Waals surface area contributed by atoms with Gasteiger partial charge in [0.1, 0.15) is 12.1 Å². The minimum atomic E-state index is 0.542. The molecular weight excluding hydrogens is 212 g/mol. The van der Waals surface area contributed by atoms with Crippen molar-refractivity contribution in [1.82, 2.24) is 15.0 Å². The van der Waals surface area contributed by atoms with E-state index in [2.05, 4.69) is 27.9 Å². The van der Waals surface area contributed by atoms with Gasteiger partial charge in [0.2, 0.25) is 0 Å². The Kier molecular flexibility index (Phi) is 3.32. The van der Waals surface area contributed by atoms with Gasteiger partial charge in [0.05, 0.1) is 5.69 Å². The van der Waals surface area contributed by atoms with E-state index in [9.17, 15) is 0 Å². The summed E-state index contributed by atoms with van der Waals surface area (Å²) in [6.07, 6.45) is 5.11. The maximum absolute atomic E-state index is 5.75. The third-order valence-corrected chi connectivity index (χ3v) is 2.87. The smallest absolute Gasteiger partial charge is 0.129 e. The number of nitrogen functional groups attached to an aromatic ring is 1. The summed E-state index contributed by atoms with van der Waals surface area (Å²) in [5, 5.41) is 0. The second-order valence-electron chi connectivity index (χ2n) is 4.02. The third kappa shape index (κ3) is 2.58. The Labute approximate surface area is 101 Å². The molecule has 2 aromatic heterocycles. The summed E-state index contributed by atoms with van der Waals surface area (Å²) < 4.78 is 0. The van der Waals surface area contributed by atoms with E-state index in [-0.39, 0.29) is 0 Å². The largest absolute Gasteiger partial charge is 0.383 e. The Hall–Kier alpha value is -1.97. The second kappa shape index (κ2) is 4.91. The molecule has 0 saturated heterocycles. The first-order valence-corrected chi connectivity index (χ1v) is 5.70. The van der Waals surface area contributed by atoms with E-state index in [1.807, 2.05) is 19.2 Å². The zero-order chi connectivity index (χ0) is 12.3. The van der Waals surface area contributed by atoms with Crippen molar-refractivity contribution < 1.29 is 0 Å². The number of aromatic nitrogens is 3. The number of pyridine rings is 1. The van der Waals surface area contributed by atoms with E-state index in [0.29, 0.717) is 12.2 Å². The molecule has 0 saturated carbocycles. The van der Waals surface area contributed by atoms with Gasteiger partial charge in [-0.1, -0.05) is 13.0 Å². The van der Waals surface area contributed by atoms with Crippen LogP contribution in [-0.2, 0) is 12.8 Å². The van der Waals surface area contributed by atoms with Gasteiger partial charge in [-0.05, 0) is 25.0 Å². The summed E-state index contributed by atoms with van der Waals surface area (Å²) in [6, 6.07) is 4.14. The fourth-order valence-electron chi connectivity index (χ4n) is 1.62. The Balaban J connectivity index is 2.22. The highest BCUT2D eigenvalue weighted by Gasteiger charge is 2.06. The molecule has 0 aromatic carbocycles. The molecule has 0 aliphatic carbocycles. The number of rotatable bonds is 3. The zero-order valence-electron chi connectivity index (χ0n) is 10.1. The van der Waals surface area contributed by atoms with Gasteiger partial charge < -0.3 is 5.73 Å². The lowest BCUT2D eigenvalue weighted by Gasteiger charge is -2.06. The average molecular weight is 228 g/mol. The number of nitrogens with two attached hydrogens (primary N) is 1. The van der Waals surface area contributed by atoms with Crippen LogP contribution in [0.2, 0.25) is 0 Å². The lowest BCUT2D eigenvalue weighted by Crippen LogP contribution is -2.03. The molecule has 0 amide bonds. The predicted octanol–water partition coefficient (Wildman–Crippen LogP) is 1.92. The molecule has 0 aliphatic heterocycles. The van der Waals surface area contributed by atoms with Gasteiger partial charge in [-0.2, -0.15) is 0 Å². The molecule has 0 unspecified atom stereocenters. The van der Waals surface area contributed by atoms with Gasteiger partial charge >= 0.3 is 0 Å². The Morgan fingerprint density at radius 2 is 2.00 bits per heavy atom. The molecule has 0 radical (unpaired) electrons. The second-order valence-corrected chi connectivity index (χ2v) is 4.02. The first-order chi connectivity index (χ1) is 8.20. The molecule has 0 aliphatic rings. The highest BCUT2D eigenvalue weighted by atomic mass is 14.9. The molecule has 2 N–H and O–H groups in total. The Morgan fingerprint density at radius 1 is 1.18 bits per heavy atom. The van der Waals surface area contributed by atoms with E-state index in [1.54, 1.807) is 0 Å². The maximum Gasteiger partial charge on any atom is 0.129 e. The molecule has 4 nitrogen and oxygen atoms in total. The van der Waals surface area contributed by atoms with Crippen LogP contribution < -0.4 is 5.73 Å². The van der Waals surface area contributed by atoms with E-state index in [0.717, 1.165) is 23.4 Å². The van der Waals surface area contributed by atoms with Crippen molar-refractivity contribution in [1.29, 1.82) is 0 Å². The predicted molar refractivity (Wildman–Crippen MR) is 67.6 cm³/mol. The lowest BCUT2D eigenvalue weighted by atomic mass is 10.1. The molecule has 88 valence electrons. The summed E-state index contributed by atoms with van der Waals surface area (Å²) >= 11 is 0. The van der Waals surface area contributed by atoms with Gasteiger partial charge in [0, 0.05) is 23.9 Å². The maximum atomic E-state index is 5.75. The van der Waals surface area contributed by atoms with E-state index < -0.39 is 0 Å². The third-order valence-electron chi connectivity index (χ3n) is 2.87. The van der Waals surface area contributed by atoms with Gasteiger partial charge in [-0.25, -0.2) is 9.97 Å². The number of hydrogen-bond donors (Lipinski definition) is 1. The average Bonchev–Trinajstić information content (AvgIpc) is 2.36. The lowest BCUT2D eigenvalue weighted by molar-refractivity contribution is 0.957. The fourth-order valence-corrected chi connectivity index (χ4v) is 1.62. The topological polar surface area (TPSA) is 64.7 Å². The molecule has 2 heterocycles. The molecule has 2 aromatic rings. The molecule has 0 atom stereocenters. The quantitative estimate of drug-likeness (QED) is 0.871. The number of nitrogens with zero attached hydrogens (tertiary/aromatic N) is 3. The van der Waals surface area contributed by atoms with Crippen LogP contribution in [0.1, 0.15) is 29.4 Å². The minimum Gasteiger partial charge on any atom is -0.383 e. The van der Waals surface area contributed by atoms with E-state index in [1.165, 1.54) is 11.9 Å². The normalized spacial score (nSPS) is 10.5. The fraction of sp³-hybridized carbons (Fsp3) is 0.308. The van der Waals surface area contributed by atoms with E-state index in [4.69, 9.17) is 5.73 Å². The van der Waals surface area contributed by atoms with Crippen molar-refractivity contribution in [3.63, 3.8) is 0 Å². The number of aryl methyl sites for hydroxylation is 1. The molecule has 17 heavy (non-hydrogen) atoms.